The predicted octanol–water partition coefficient (Wildman–Crippen LogP) is 2.90. The van der Waals surface area contributed by atoms with Gasteiger partial charge >= 0.3 is 0 Å². The highest BCUT2D eigenvalue weighted by Gasteiger charge is 2.65. The summed E-state index contributed by atoms with van der Waals surface area (Å²) in [6.07, 6.45) is 7.02. The van der Waals surface area contributed by atoms with E-state index in [1.807, 2.05) is 0 Å². The van der Waals surface area contributed by atoms with Crippen molar-refractivity contribution in [2.24, 2.45) is 46.3 Å². The van der Waals surface area contributed by atoms with E-state index in [0.717, 1.165) is 44.9 Å². The van der Waals surface area contributed by atoms with E-state index in [0.29, 0.717) is 38.1 Å². The Morgan fingerprint density at radius 2 is 1.79 bits per heavy atom. The lowest BCUT2D eigenvalue weighted by Gasteiger charge is -2.63. The Labute approximate surface area is 228 Å². The summed E-state index contributed by atoms with van der Waals surface area (Å²) in [6, 6.07) is -0.510. The van der Waals surface area contributed by atoms with Gasteiger partial charge in [-0.2, -0.15) is 0 Å². The first-order chi connectivity index (χ1) is 17.8. The first-order valence-corrected chi connectivity index (χ1v) is 16.6. The Bertz CT molecular complexity index is 1000. The molecule has 5 rings (SSSR count). The van der Waals surface area contributed by atoms with Gasteiger partial charge in [-0.25, -0.2) is 8.42 Å². The zero-order chi connectivity index (χ0) is 27.6. The lowest BCUT2D eigenvalue weighted by atomic mass is 9.43. The van der Waals surface area contributed by atoms with Crippen molar-refractivity contribution in [2.75, 3.05) is 12.3 Å². The molecule has 38 heavy (non-hydrogen) atoms. The lowest BCUT2D eigenvalue weighted by Crippen LogP contribution is -2.62. The van der Waals surface area contributed by atoms with E-state index >= 15 is 0 Å². The summed E-state index contributed by atoms with van der Waals surface area (Å²) in [5, 5.41) is 33.5. The van der Waals surface area contributed by atoms with Gasteiger partial charge in [0.15, 0.2) is 0 Å². The van der Waals surface area contributed by atoms with Crippen molar-refractivity contribution in [3.63, 3.8) is 0 Å². The molecule has 9 heteroatoms. The molecule has 1 aliphatic heterocycles. The number of carbonyl (C=O) groups is 1. The van der Waals surface area contributed by atoms with Crippen LogP contribution in [0.25, 0.3) is 0 Å². The van der Waals surface area contributed by atoms with Gasteiger partial charge in [0, 0.05) is 19.0 Å². The number of amides is 1. The van der Waals surface area contributed by atoms with Crippen LogP contribution >= 0.6 is 0 Å². The topological polar surface area (TPSA) is 138 Å². The molecule has 1 heterocycles. The van der Waals surface area contributed by atoms with E-state index in [1.54, 1.807) is 4.90 Å². The summed E-state index contributed by atoms with van der Waals surface area (Å²) in [5.74, 6) is 0.836. The lowest BCUT2D eigenvalue weighted by molar-refractivity contribution is -0.207. The van der Waals surface area contributed by atoms with Gasteiger partial charge in [0.25, 0.3) is 0 Å². The Balaban J connectivity index is 1.27. The van der Waals surface area contributed by atoms with Crippen molar-refractivity contribution in [3.8, 4) is 0 Å². The second kappa shape index (κ2) is 10.3. The second-order valence-corrected chi connectivity index (χ2v) is 15.6. The number of hydrogen-bond acceptors (Lipinski definition) is 7. The second-order valence-electron chi connectivity index (χ2n) is 14.1. The molecule has 12 atom stereocenters. The van der Waals surface area contributed by atoms with Crippen LogP contribution in [0.1, 0.15) is 91.4 Å². The molecule has 0 radical (unpaired) electrons. The zero-order valence-corrected chi connectivity index (χ0v) is 24.1. The molecular formula is C29H48NO7S-. The van der Waals surface area contributed by atoms with E-state index < -0.39 is 34.1 Å². The molecule has 0 bridgehead atoms. The molecular weight excluding hydrogens is 506 g/mol. The van der Waals surface area contributed by atoms with E-state index in [4.69, 9.17) is 0 Å². The fourth-order valence-corrected chi connectivity index (χ4v) is 11.2. The Hall–Kier alpha value is -0.740. The first-order valence-electron chi connectivity index (χ1n) is 15.0. The van der Waals surface area contributed by atoms with Crippen LogP contribution in [0.2, 0.25) is 0 Å². The number of fused-ring (bicyclic) bond motifs is 5. The minimum Gasteiger partial charge on any atom is -0.748 e. The zero-order valence-electron chi connectivity index (χ0n) is 23.3. The van der Waals surface area contributed by atoms with E-state index in [9.17, 15) is 33.1 Å². The van der Waals surface area contributed by atoms with Crippen LogP contribution in [0, 0.1) is 46.3 Å². The van der Waals surface area contributed by atoms with Gasteiger partial charge in [-0.05, 0) is 111 Å². The van der Waals surface area contributed by atoms with Crippen LogP contribution < -0.4 is 0 Å². The number of aliphatic hydroxyl groups excluding tert-OH is 3. The average Bonchev–Trinajstić information content (AvgIpc) is 3.43. The predicted molar refractivity (Wildman–Crippen MR) is 142 cm³/mol. The molecule has 5 aliphatic rings. The number of aliphatic hydroxyl groups is 3. The highest BCUT2D eigenvalue weighted by atomic mass is 32.2. The molecule has 5 fully saturated rings. The Morgan fingerprint density at radius 3 is 2.50 bits per heavy atom. The van der Waals surface area contributed by atoms with Crippen LogP contribution in [0.5, 0.6) is 0 Å². The Morgan fingerprint density at radius 1 is 1.05 bits per heavy atom. The normalized spacial score (nSPS) is 47.8. The van der Waals surface area contributed by atoms with Crippen LogP contribution in [0.3, 0.4) is 0 Å². The molecule has 8 nitrogen and oxygen atoms in total. The molecule has 1 amide bonds. The fourth-order valence-electron chi connectivity index (χ4n) is 10.4. The molecule has 4 saturated carbocycles. The Kier molecular flexibility index (Phi) is 7.78. The van der Waals surface area contributed by atoms with Gasteiger partial charge in [0.05, 0.1) is 34.2 Å². The highest BCUT2D eigenvalue weighted by molar-refractivity contribution is 7.85. The summed E-state index contributed by atoms with van der Waals surface area (Å²) in [5.41, 5.74) is -0.264. The van der Waals surface area contributed by atoms with E-state index in [-0.39, 0.29) is 52.4 Å². The maximum atomic E-state index is 13.0. The van der Waals surface area contributed by atoms with E-state index in [2.05, 4.69) is 20.8 Å². The largest absolute Gasteiger partial charge is 0.748 e. The monoisotopic (exact) mass is 554 g/mol. The van der Waals surface area contributed by atoms with Crippen molar-refractivity contribution in [3.05, 3.63) is 0 Å². The maximum Gasteiger partial charge on any atom is 0.222 e. The summed E-state index contributed by atoms with van der Waals surface area (Å²) < 4.78 is 33.9. The van der Waals surface area contributed by atoms with Gasteiger partial charge in [-0.1, -0.05) is 20.8 Å². The van der Waals surface area contributed by atoms with Gasteiger partial charge < -0.3 is 24.8 Å². The molecule has 3 N–H and O–H groups in total. The van der Waals surface area contributed by atoms with Crippen LogP contribution in [0.4, 0.5) is 0 Å². The minimum absolute atomic E-state index is 0.0470. The van der Waals surface area contributed by atoms with Gasteiger partial charge in [0.2, 0.25) is 5.91 Å². The van der Waals surface area contributed by atoms with Gasteiger partial charge in [-0.15, -0.1) is 0 Å². The summed E-state index contributed by atoms with van der Waals surface area (Å²) in [7, 11) is -4.38. The van der Waals surface area contributed by atoms with Crippen molar-refractivity contribution in [1.82, 2.24) is 4.90 Å². The third kappa shape index (κ3) is 4.86. The van der Waals surface area contributed by atoms with Crippen molar-refractivity contribution < 1.29 is 33.1 Å². The van der Waals surface area contributed by atoms with Crippen molar-refractivity contribution in [1.29, 1.82) is 0 Å². The number of carbonyl (C=O) groups excluding carboxylic acids is 1. The minimum atomic E-state index is -4.38. The summed E-state index contributed by atoms with van der Waals surface area (Å²) >= 11 is 0. The molecule has 4 aliphatic carbocycles. The smallest absolute Gasteiger partial charge is 0.222 e. The molecule has 218 valence electrons. The van der Waals surface area contributed by atoms with Crippen LogP contribution in [-0.4, -0.2) is 75.7 Å². The molecule has 0 aromatic rings. The van der Waals surface area contributed by atoms with Crippen molar-refractivity contribution >= 4 is 16.0 Å². The number of likely N-dealkylation sites (tertiary alicyclic amines) is 1. The molecule has 0 unspecified atom stereocenters. The highest BCUT2D eigenvalue weighted by Crippen LogP contribution is 2.68. The summed E-state index contributed by atoms with van der Waals surface area (Å²) in [4.78, 5) is 14.6. The maximum absolute atomic E-state index is 13.0. The molecule has 0 aromatic carbocycles. The number of nitrogens with zero attached hydrogens (tertiary/aromatic N) is 1. The van der Waals surface area contributed by atoms with Crippen LogP contribution in [-0.2, 0) is 14.9 Å². The van der Waals surface area contributed by atoms with Crippen molar-refractivity contribution in [2.45, 2.75) is 116 Å². The first kappa shape index (κ1) is 28.8. The van der Waals surface area contributed by atoms with E-state index in [1.165, 1.54) is 0 Å². The molecule has 1 saturated heterocycles. The SMILES string of the molecule is C[C@H](CCC(=O)N1CCC[C@H]1CS(=O)(=O)[O-])[C@H]1CC[C@H]2[C@@H]3[C@H](O)C[C@@H]4C[C@H](O)CC[C@]4(C)[C@H]3C[C@H](O)[C@]12C. The summed E-state index contributed by atoms with van der Waals surface area (Å²) in [6.45, 7) is 7.24. The molecule has 0 spiro atoms. The quantitative estimate of drug-likeness (QED) is 0.429. The number of rotatable bonds is 6. The third-order valence-electron chi connectivity index (χ3n) is 12.4. The average molecular weight is 555 g/mol. The van der Waals surface area contributed by atoms with Crippen LogP contribution in [0.15, 0.2) is 0 Å². The third-order valence-corrected chi connectivity index (χ3v) is 13.2. The fraction of sp³-hybridized carbons (Fsp3) is 0.966. The van der Waals surface area contributed by atoms with Gasteiger partial charge in [-0.3, -0.25) is 4.79 Å². The van der Waals surface area contributed by atoms with Gasteiger partial charge in [0.1, 0.15) is 0 Å². The molecule has 0 aromatic heterocycles. The number of hydrogen-bond donors (Lipinski definition) is 3. The standard InChI is InChI=1S/C29H49NO7S/c1-17(6-9-26(34)30-12-4-5-19(30)16-38(35,36)37)21-7-8-22-27-23(15-25(33)29(21,22)3)28(2)11-10-20(31)13-18(28)14-24(27)32/h17-25,27,31-33H,4-16H2,1-3H3,(H,35,36,37)/p-1/t17-,18+,19+,20-,21-,22+,23+,24-,25+,27+,28+,29-/m1/s1.